The standard InChI is InChI=1S/C43H58N2O12/c1-5-21-55-43-39(45(42(50)54-6-2)17-22-53-23-20-48)27-36(44-52-4)34-25-29(11-7-9-18-46)33(12-8-10-19-47)40(41(34)43)35-26-32(14-16-38(35)57-43)56-31-13-15-37(51-3)30(24-31)28-49/h5,13-16,24-26,28-29,33,39-41,46-48H,1,6-12,17-23,27H2,2-4H3/t29-,33+,39-,40+,41+,43+/m0/s1. The molecular weight excluding hydrogens is 736 g/mol. The molecule has 6 atom stereocenters. The minimum absolute atomic E-state index is 0.00253. The number of amides is 1. The third-order valence-electron chi connectivity index (χ3n) is 11.0. The highest BCUT2D eigenvalue weighted by molar-refractivity contribution is 6.03. The zero-order chi connectivity index (χ0) is 40.8. The van der Waals surface area contributed by atoms with Gasteiger partial charge in [-0.2, -0.15) is 0 Å². The van der Waals surface area contributed by atoms with Crippen molar-refractivity contribution in [3.05, 3.63) is 71.8 Å². The number of oxime groups is 1. The van der Waals surface area contributed by atoms with E-state index in [1.54, 1.807) is 42.2 Å². The van der Waals surface area contributed by atoms with Crippen molar-refractivity contribution in [2.75, 3.05) is 67.0 Å². The number of allylic oxidation sites excluding steroid dienone is 1. The number of nitrogens with zero attached hydrogens (tertiary/aromatic N) is 2. The van der Waals surface area contributed by atoms with E-state index in [4.69, 9.17) is 33.3 Å². The molecule has 1 aliphatic heterocycles. The number of hydrogen-bond donors (Lipinski definition) is 3. The van der Waals surface area contributed by atoms with Crippen molar-refractivity contribution in [1.29, 1.82) is 0 Å². The first-order valence-electron chi connectivity index (χ1n) is 19.9. The Labute approximate surface area is 335 Å². The maximum absolute atomic E-state index is 14.0. The van der Waals surface area contributed by atoms with Crippen molar-refractivity contribution in [2.24, 2.45) is 22.9 Å². The van der Waals surface area contributed by atoms with Gasteiger partial charge in [-0.1, -0.05) is 30.1 Å². The molecule has 2 aromatic rings. The zero-order valence-electron chi connectivity index (χ0n) is 33.3. The second-order valence-electron chi connectivity index (χ2n) is 14.3. The number of benzene rings is 2. The van der Waals surface area contributed by atoms with Gasteiger partial charge in [-0.05, 0) is 86.4 Å². The van der Waals surface area contributed by atoms with E-state index in [9.17, 15) is 24.9 Å². The monoisotopic (exact) mass is 794 g/mol. The van der Waals surface area contributed by atoms with Gasteiger partial charge in [0, 0.05) is 37.7 Å². The van der Waals surface area contributed by atoms with Crippen LogP contribution in [-0.4, -0.2) is 117 Å². The molecule has 3 N–H and O–H groups in total. The number of carbonyl (C=O) groups excluding carboxylic acids is 2. The Bertz CT molecular complexity index is 1710. The van der Waals surface area contributed by atoms with Crippen LogP contribution in [0.1, 0.15) is 73.7 Å². The smallest absolute Gasteiger partial charge is 0.410 e. The van der Waals surface area contributed by atoms with Crippen molar-refractivity contribution in [3.63, 3.8) is 0 Å². The molecule has 14 nitrogen and oxygen atoms in total. The largest absolute Gasteiger partial charge is 0.496 e. The fraction of sp³-hybridized carbons (Fsp3) is 0.558. The molecule has 1 amide bonds. The summed E-state index contributed by atoms with van der Waals surface area (Å²) in [6, 6.07) is 9.87. The lowest BCUT2D eigenvalue weighted by atomic mass is 9.55. The Kier molecular flexibility index (Phi) is 16.3. The molecule has 0 unspecified atom stereocenters. The van der Waals surface area contributed by atoms with Gasteiger partial charge in [0.15, 0.2) is 6.29 Å². The Morgan fingerprint density at radius 2 is 1.77 bits per heavy atom. The SMILES string of the molecule is C=CCO[C@@]12Oc3ccc(Oc4ccc(OC)c(C=O)c4)cc3[C@H]3[C@H](CCCCO)[C@@H](CCCCO)C=C(C(=NOC)C[C@@H]1N(CCOCCO)C(=O)OCC)[C@H]32. The molecule has 0 bridgehead atoms. The minimum atomic E-state index is -1.48. The lowest BCUT2D eigenvalue weighted by molar-refractivity contribution is -0.256. The van der Waals surface area contributed by atoms with E-state index in [1.807, 2.05) is 12.1 Å². The number of methoxy groups -OCH3 is 1. The topological polar surface area (TPSA) is 175 Å². The van der Waals surface area contributed by atoms with Gasteiger partial charge < -0.3 is 48.6 Å². The summed E-state index contributed by atoms with van der Waals surface area (Å²) in [5, 5.41) is 33.7. The summed E-state index contributed by atoms with van der Waals surface area (Å²) in [5.41, 5.74) is 2.75. The number of aldehydes is 1. The van der Waals surface area contributed by atoms with Gasteiger partial charge in [0.05, 0.1) is 57.3 Å². The van der Waals surface area contributed by atoms with Crippen LogP contribution in [0.25, 0.3) is 0 Å². The summed E-state index contributed by atoms with van der Waals surface area (Å²) < 4.78 is 37.1. The third kappa shape index (κ3) is 9.81. The molecule has 2 aliphatic carbocycles. The number of unbranched alkanes of at least 4 members (excludes halogenated alkanes) is 2. The number of rotatable bonds is 23. The summed E-state index contributed by atoms with van der Waals surface area (Å²) in [4.78, 5) is 32.9. The second kappa shape index (κ2) is 21.3. The highest BCUT2D eigenvalue weighted by Gasteiger charge is 2.65. The van der Waals surface area contributed by atoms with Crippen LogP contribution in [0.2, 0.25) is 0 Å². The molecule has 0 spiro atoms. The quantitative estimate of drug-likeness (QED) is 0.0517. The summed E-state index contributed by atoms with van der Waals surface area (Å²) in [6.45, 7) is 6.24. The molecule has 1 saturated carbocycles. The van der Waals surface area contributed by atoms with Crippen LogP contribution in [0.3, 0.4) is 0 Å². The normalized spacial score (nSPS) is 24.0. The van der Waals surface area contributed by atoms with Crippen molar-refractivity contribution >= 4 is 18.1 Å². The first-order chi connectivity index (χ1) is 27.8. The van der Waals surface area contributed by atoms with E-state index in [-0.39, 0.29) is 77.0 Å². The number of carbonyl (C=O) groups is 2. The van der Waals surface area contributed by atoms with Crippen LogP contribution < -0.4 is 14.2 Å². The van der Waals surface area contributed by atoms with Crippen molar-refractivity contribution in [2.45, 2.75) is 69.6 Å². The van der Waals surface area contributed by atoms with E-state index >= 15 is 0 Å². The maximum atomic E-state index is 14.0. The van der Waals surface area contributed by atoms with Crippen molar-refractivity contribution < 1.29 is 58.2 Å². The molecule has 14 heteroatoms. The number of ether oxygens (including phenoxy) is 6. The van der Waals surface area contributed by atoms with Crippen molar-refractivity contribution in [1.82, 2.24) is 4.90 Å². The van der Waals surface area contributed by atoms with E-state index < -0.39 is 23.8 Å². The van der Waals surface area contributed by atoms with E-state index in [1.165, 1.54) is 14.2 Å². The van der Waals surface area contributed by atoms with Gasteiger partial charge in [-0.15, -0.1) is 6.58 Å². The molecule has 0 radical (unpaired) electrons. The predicted octanol–water partition coefficient (Wildman–Crippen LogP) is 6.03. The van der Waals surface area contributed by atoms with Gasteiger partial charge in [-0.3, -0.25) is 9.69 Å². The molecule has 1 heterocycles. The Morgan fingerprint density at radius 1 is 1.02 bits per heavy atom. The van der Waals surface area contributed by atoms with Crippen LogP contribution in [0.15, 0.2) is 65.9 Å². The molecule has 5 rings (SSSR count). The molecule has 2 aromatic carbocycles. The summed E-state index contributed by atoms with van der Waals surface area (Å²) in [5.74, 6) is -0.279. The molecular formula is C43H58N2O12. The predicted molar refractivity (Wildman–Crippen MR) is 212 cm³/mol. The lowest BCUT2D eigenvalue weighted by Crippen LogP contribution is -2.70. The van der Waals surface area contributed by atoms with Gasteiger partial charge in [-0.25, -0.2) is 4.79 Å². The average molecular weight is 795 g/mol. The number of aliphatic hydroxyl groups is 3. The molecule has 1 fully saturated rings. The Balaban J connectivity index is 1.75. The van der Waals surface area contributed by atoms with Gasteiger partial charge in [0.25, 0.3) is 0 Å². The molecule has 0 aromatic heterocycles. The van der Waals surface area contributed by atoms with Gasteiger partial charge >= 0.3 is 6.09 Å². The maximum Gasteiger partial charge on any atom is 0.410 e. The van der Waals surface area contributed by atoms with Crippen LogP contribution >= 0.6 is 0 Å². The molecule has 0 saturated heterocycles. The second-order valence-corrected chi connectivity index (χ2v) is 14.3. The minimum Gasteiger partial charge on any atom is -0.496 e. The Morgan fingerprint density at radius 3 is 2.46 bits per heavy atom. The molecule has 57 heavy (non-hydrogen) atoms. The fourth-order valence-electron chi connectivity index (χ4n) is 8.74. The van der Waals surface area contributed by atoms with Crippen LogP contribution in [0, 0.1) is 17.8 Å². The number of aliphatic hydroxyl groups excluding tert-OH is 3. The van der Waals surface area contributed by atoms with E-state index in [0.717, 1.165) is 43.1 Å². The zero-order valence-corrected chi connectivity index (χ0v) is 33.3. The molecule has 3 aliphatic rings. The van der Waals surface area contributed by atoms with Crippen LogP contribution in [0.5, 0.6) is 23.0 Å². The molecule has 312 valence electrons. The first-order valence-corrected chi connectivity index (χ1v) is 19.9. The van der Waals surface area contributed by atoms with Gasteiger partial charge in [0.2, 0.25) is 5.79 Å². The lowest BCUT2D eigenvalue weighted by Gasteiger charge is -2.59. The fourth-order valence-corrected chi connectivity index (χ4v) is 8.74. The Hall–Kier alpha value is -4.47. The van der Waals surface area contributed by atoms with E-state index in [2.05, 4.69) is 17.8 Å². The van der Waals surface area contributed by atoms with Crippen LogP contribution in [0.4, 0.5) is 4.79 Å². The van der Waals surface area contributed by atoms with Gasteiger partial charge in [0.1, 0.15) is 36.1 Å². The third-order valence-corrected chi connectivity index (χ3v) is 11.0. The summed E-state index contributed by atoms with van der Waals surface area (Å²) in [6.07, 6.45) is 8.64. The highest BCUT2D eigenvalue weighted by Crippen LogP contribution is 2.62. The van der Waals surface area contributed by atoms with Crippen LogP contribution in [-0.2, 0) is 19.0 Å². The highest BCUT2D eigenvalue weighted by atomic mass is 16.7. The number of fused-ring (bicyclic) bond motifs is 2. The number of hydrogen-bond acceptors (Lipinski definition) is 13. The summed E-state index contributed by atoms with van der Waals surface area (Å²) >= 11 is 0. The average Bonchev–Trinajstić information content (AvgIpc) is 3.22. The summed E-state index contributed by atoms with van der Waals surface area (Å²) in [7, 11) is 2.99. The van der Waals surface area contributed by atoms with Crippen molar-refractivity contribution in [3.8, 4) is 23.0 Å². The first kappa shape index (κ1) is 43.6. The van der Waals surface area contributed by atoms with E-state index in [0.29, 0.717) is 47.1 Å².